The van der Waals surface area contributed by atoms with Gasteiger partial charge in [-0.3, -0.25) is 9.59 Å². The highest BCUT2D eigenvalue weighted by molar-refractivity contribution is 5.94. The molecule has 1 aliphatic heterocycles. The number of nitrogens with one attached hydrogen (secondary N) is 2. The third-order valence-corrected chi connectivity index (χ3v) is 6.79. The van der Waals surface area contributed by atoms with E-state index >= 15 is 0 Å². The number of aromatic nitrogens is 4. The molecule has 35 heavy (non-hydrogen) atoms. The fourth-order valence-electron chi connectivity index (χ4n) is 4.80. The summed E-state index contributed by atoms with van der Waals surface area (Å²) in [4.78, 5) is 37.0. The largest absolute Gasteiger partial charge is 0.497 e. The second kappa shape index (κ2) is 9.96. The normalized spacial score (nSPS) is 20.6. The minimum atomic E-state index is -0.217. The summed E-state index contributed by atoms with van der Waals surface area (Å²) in [6.45, 7) is 0.925. The Labute approximate surface area is 202 Å². The first-order valence-corrected chi connectivity index (χ1v) is 11.8. The van der Waals surface area contributed by atoms with Crippen LogP contribution in [-0.4, -0.2) is 51.2 Å². The highest BCUT2D eigenvalue weighted by Crippen LogP contribution is 2.28. The van der Waals surface area contributed by atoms with E-state index in [0.717, 1.165) is 36.7 Å². The first kappa shape index (κ1) is 23.2. The third kappa shape index (κ3) is 5.10. The van der Waals surface area contributed by atoms with Gasteiger partial charge in [0.25, 0.3) is 11.5 Å². The van der Waals surface area contributed by atoms with Crippen molar-refractivity contribution in [3.8, 4) is 11.5 Å². The zero-order valence-corrected chi connectivity index (χ0v) is 19.6. The first-order chi connectivity index (χ1) is 17.0. The number of hydrogen-bond acceptors (Lipinski definition) is 9. The van der Waals surface area contributed by atoms with Crippen LogP contribution < -0.4 is 31.4 Å². The maximum absolute atomic E-state index is 12.6. The SMILES string of the molecule is COc1ccc2ncc(=O)n(C[C@@H](N)[C@H]3CC[C@H](NCc4ncc5c(n4)NC(=O)CO5)CC3)c2c1. The lowest BCUT2D eigenvalue weighted by Crippen LogP contribution is -2.42. The number of carbonyl (C=O) groups excluding carboxylic acids is 1. The van der Waals surface area contributed by atoms with E-state index in [9.17, 15) is 9.59 Å². The van der Waals surface area contributed by atoms with Gasteiger partial charge in [-0.05, 0) is 43.7 Å². The molecule has 3 heterocycles. The molecular weight excluding hydrogens is 450 g/mol. The quantitative estimate of drug-likeness (QED) is 0.455. The molecule has 0 bridgehead atoms. The number of carbonyl (C=O) groups is 1. The summed E-state index contributed by atoms with van der Waals surface area (Å²) in [7, 11) is 1.60. The number of anilines is 1. The van der Waals surface area contributed by atoms with Gasteiger partial charge >= 0.3 is 0 Å². The minimum absolute atomic E-state index is 0.0143. The summed E-state index contributed by atoms with van der Waals surface area (Å²) >= 11 is 0. The highest BCUT2D eigenvalue weighted by atomic mass is 16.5. The van der Waals surface area contributed by atoms with Crippen LogP contribution in [0.3, 0.4) is 0 Å². The van der Waals surface area contributed by atoms with E-state index < -0.39 is 0 Å². The lowest BCUT2D eigenvalue weighted by atomic mass is 9.81. The molecule has 0 spiro atoms. The van der Waals surface area contributed by atoms with Crippen LogP contribution in [-0.2, 0) is 17.9 Å². The first-order valence-electron chi connectivity index (χ1n) is 11.8. The van der Waals surface area contributed by atoms with Gasteiger partial charge in [0.2, 0.25) is 0 Å². The maximum Gasteiger partial charge on any atom is 0.269 e. The number of ether oxygens (including phenoxy) is 2. The Hall–Kier alpha value is -3.57. The summed E-state index contributed by atoms with van der Waals surface area (Å²) in [5, 5.41) is 6.22. The van der Waals surface area contributed by atoms with Crippen LogP contribution in [0.1, 0.15) is 31.5 Å². The standard InChI is InChI=1S/C24H29N7O4/c1-34-16-6-7-18-19(8-16)31(23(33)11-27-18)12-17(25)14-2-4-15(5-3-14)26-10-21-28-9-20-24(29-21)30-22(32)13-35-20/h6-9,11,14-15,17,26H,2-5,10,12-13,25H2,1H3,(H,28,29,30,32)/t14-,15-,17-/m1/s1. The molecule has 4 N–H and O–H groups in total. The van der Waals surface area contributed by atoms with E-state index in [1.165, 1.54) is 6.20 Å². The Kier molecular flexibility index (Phi) is 6.60. The van der Waals surface area contributed by atoms with Gasteiger partial charge < -0.3 is 30.4 Å². The fourth-order valence-corrected chi connectivity index (χ4v) is 4.80. The van der Waals surface area contributed by atoms with Crippen molar-refractivity contribution in [2.75, 3.05) is 19.0 Å². The highest BCUT2D eigenvalue weighted by Gasteiger charge is 2.27. The topological polar surface area (TPSA) is 146 Å². The number of nitrogens with zero attached hydrogens (tertiary/aromatic N) is 4. The zero-order valence-electron chi connectivity index (χ0n) is 19.6. The van der Waals surface area contributed by atoms with Gasteiger partial charge in [-0.1, -0.05) is 0 Å². The lowest BCUT2D eigenvalue weighted by Gasteiger charge is -2.33. The zero-order chi connectivity index (χ0) is 24.4. The number of rotatable bonds is 7. The monoisotopic (exact) mass is 479 g/mol. The number of amides is 1. The molecule has 5 rings (SSSR count). The third-order valence-electron chi connectivity index (χ3n) is 6.79. The molecule has 184 valence electrons. The van der Waals surface area contributed by atoms with E-state index in [2.05, 4.69) is 25.6 Å². The van der Waals surface area contributed by atoms with Crippen LogP contribution in [0.15, 0.2) is 35.4 Å². The van der Waals surface area contributed by atoms with Crippen LogP contribution in [0.25, 0.3) is 11.0 Å². The molecule has 11 nitrogen and oxygen atoms in total. The summed E-state index contributed by atoms with van der Waals surface area (Å²) in [5.41, 5.74) is 7.90. The summed E-state index contributed by atoms with van der Waals surface area (Å²) in [6.07, 6.45) is 6.83. The second-order valence-corrected chi connectivity index (χ2v) is 9.05. The van der Waals surface area contributed by atoms with E-state index in [1.54, 1.807) is 17.9 Å². The molecule has 1 fully saturated rings. The number of hydrogen-bond donors (Lipinski definition) is 3. The van der Waals surface area contributed by atoms with Crippen molar-refractivity contribution in [2.45, 2.75) is 50.9 Å². The molecule has 1 atom stereocenters. The van der Waals surface area contributed by atoms with Crippen molar-refractivity contribution in [1.29, 1.82) is 0 Å². The average molecular weight is 480 g/mol. The Morgan fingerprint density at radius 3 is 2.86 bits per heavy atom. The van der Waals surface area contributed by atoms with Crippen LogP contribution in [0, 0.1) is 5.92 Å². The van der Waals surface area contributed by atoms with Gasteiger partial charge in [0.15, 0.2) is 18.2 Å². The van der Waals surface area contributed by atoms with Crippen molar-refractivity contribution < 1.29 is 14.3 Å². The molecule has 1 saturated carbocycles. The molecule has 1 amide bonds. The molecule has 3 aromatic rings. The predicted octanol–water partition coefficient (Wildman–Crippen LogP) is 1.20. The smallest absolute Gasteiger partial charge is 0.269 e. The summed E-state index contributed by atoms with van der Waals surface area (Å²) in [6, 6.07) is 5.70. The van der Waals surface area contributed by atoms with Crippen molar-refractivity contribution >= 4 is 22.8 Å². The number of fused-ring (bicyclic) bond motifs is 2. The van der Waals surface area contributed by atoms with E-state index in [-0.39, 0.29) is 24.1 Å². The van der Waals surface area contributed by atoms with Crippen molar-refractivity contribution in [3.63, 3.8) is 0 Å². The predicted molar refractivity (Wildman–Crippen MR) is 129 cm³/mol. The number of benzene rings is 1. The van der Waals surface area contributed by atoms with Gasteiger partial charge in [0, 0.05) is 24.7 Å². The number of methoxy groups -OCH3 is 1. The van der Waals surface area contributed by atoms with E-state index in [0.29, 0.717) is 48.2 Å². The average Bonchev–Trinajstić information content (AvgIpc) is 2.88. The van der Waals surface area contributed by atoms with Gasteiger partial charge in [-0.15, -0.1) is 0 Å². The Balaban J connectivity index is 1.17. The van der Waals surface area contributed by atoms with Crippen molar-refractivity contribution in [2.24, 2.45) is 11.7 Å². The molecule has 0 radical (unpaired) electrons. The van der Waals surface area contributed by atoms with E-state index in [4.69, 9.17) is 15.2 Å². The van der Waals surface area contributed by atoms with E-state index in [1.807, 2.05) is 18.2 Å². The van der Waals surface area contributed by atoms with Crippen molar-refractivity contribution in [1.82, 2.24) is 24.8 Å². The minimum Gasteiger partial charge on any atom is -0.497 e. The summed E-state index contributed by atoms with van der Waals surface area (Å²) < 4.78 is 12.3. The summed E-state index contributed by atoms with van der Waals surface area (Å²) in [5.74, 6) is 2.29. The Bertz CT molecular complexity index is 1290. The molecule has 0 unspecified atom stereocenters. The van der Waals surface area contributed by atoms with Crippen molar-refractivity contribution in [3.05, 3.63) is 46.8 Å². The molecule has 2 aromatic heterocycles. The van der Waals surface area contributed by atoms with Gasteiger partial charge in [0.1, 0.15) is 11.6 Å². The van der Waals surface area contributed by atoms with Crippen LogP contribution in [0.2, 0.25) is 0 Å². The number of nitrogens with two attached hydrogens (primary N) is 1. The molecule has 11 heteroatoms. The van der Waals surface area contributed by atoms with Gasteiger partial charge in [-0.2, -0.15) is 0 Å². The van der Waals surface area contributed by atoms with Gasteiger partial charge in [0.05, 0.1) is 37.1 Å². The van der Waals surface area contributed by atoms with Crippen LogP contribution in [0.5, 0.6) is 11.5 Å². The van der Waals surface area contributed by atoms with Gasteiger partial charge in [-0.25, -0.2) is 15.0 Å². The lowest BCUT2D eigenvalue weighted by molar-refractivity contribution is -0.118. The second-order valence-electron chi connectivity index (χ2n) is 9.05. The Morgan fingerprint density at radius 2 is 2.06 bits per heavy atom. The fraction of sp³-hybridized carbons (Fsp3) is 0.458. The Morgan fingerprint density at radius 1 is 1.23 bits per heavy atom. The molecule has 2 aliphatic rings. The molecule has 0 saturated heterocycles. The van der Waals surface area contributed by atoms with Crippen LogP contribution >= 0.6 is 0 Å². The maximum atomic E-state index is 12.6. The van der Waals surface area contributed by atoms with Crippen LogP contribution in [0.4, 0.5) is 5.82 Å². The molecule has 1 aliphatic carbocycles. The molecule has 1 aromatic carbocycles. The molecular formula is C24H29N7O4.